The average molecular weight is 297 g/mol. The van der Waals surface area contributed by atoms with Gasteiger partial charge in [0.05, 0.1) is 11.5 Å². The topological polar surface area (TPSA) is 105 Å². The fraction of sp³-hybridized carbons (Fsp3) is 0.0909. The Morgan fingerprint density at radius 1 is 1.50 bits per heavy atom. The van der Waals surface area contributed by atoms with Crippen molar-refractivity contribution < 1.29 is 14.1 Å². The minimum Gasteiger partial charge on any atom is -0.346 e. The van der Waals surface area contributed by atoms with E-state index in [1.165, 1.54) is 0 Å². The Balaban J connectivity index is 2.11. The highest BCUT2D eigenvalue weighted by Crippen LogP contribution is 2.18. The fourth-order valence-corrected chi connectivity index (χ4v) is 2.05. The second-order valence-corrected chi connectivity index (χ2v) is 4.62. The van der Waals surface area contributed by atoms with E-state index in [2.05, 4.69) is 10.3 Å². The molecule has 0 bridgehead atoms. The van der Waals surface area contributed by atoms with Crippen LogP contribution in [0.25, 0.3) is 0 Å². The first kappa shape index (κ1) is 13.9. The minimum absolute atomic E-state index is 0.0318. The van der Waals surface area contributed by atoms with E-state index in [-0.39, 0.29) is 17.0 Å². The summed E-state index contributed by atoms with van der Waals surface area (Å²) in [7, 11) is 0. The number of carbonyl (C=O) groups is 1. The molecule has 0 aliphatic rings. The van der Waals surface area contributed by atoms with Gasteiger partial charge in [-0.1, -0.05) is 11.3 Å². The molecule has 0 unspecified atom stereocenters. The molecule has 104 valence electrons. The summed E-state index contributed by atoms with van der Waals surface area (Å²) in [6.07, 6.45) is 0. The van der Waals surface area contributed by atoms with Crippen molar-refractivity contribution in [2.24, 2.45) is 0 Å². The largest absolute Gasteiger partial charge is 0.346 e. The van der Waals surface area contributed by atoms with E-state index in [0.29, 0.717) is 5.69 Å². The van der Waals surface area contributed by atoms with Crippen molar-refractivity contribution in [2.75, 3.05) is 0 Å². The Morgan fingerprint density at radius 2 is 2.25 bits per heavy atom. The van der Waals surface area contributed by atoms with Gasteiger partial charge in [-0.3, -0.25) is 19.7 Å². The molecule has 1 aromatic heterocycles. The highest BCUT2D eigenvalue weighted by molar-refractivity contribution is 7.07. The van der Waals surface area contributed by atoms with Crippen LogP contribution in [0.5, 0.6) is 0 Å². The van der Waals surface area contributed by atoms with E-state index < -0.39 is 22.3 Å². The third kappa shape index (κ3) is 3.06. The molecule has 9 heteroatoms. The van der Waals surface area contributed by atoms with Gasteiger partial charge in [0, 0.05) is 22.7 Å². The van der Waals surface area contributed by atoms with Gasteiger partial charge in [0.2, 0.25) is 5.82 Å². The molecule has 0 saturated heterocycles. The van der Waals surface area contributed by atoms with Crippen molar-refractivity contribution in [3.63, 3.8) is 0 Å². The SMILES string of the molecule is O=C(NCc1csc(=O)[nH]1)c1ccc(F)c([N+](=O)[O-])c1. The number of nitrogens with zero attached hydrogens (tertiary/aromatic N) is 1. The Bertz CT molecular complexity index is 724. The normalized spacial score (nSPS) is 10.2. The molecule has 0 saturated carbocycles. The van der Waals surface area contributed by atoms with Crippen LogP contribution in [0.1, 0.15) is 16.1 Å². The van der Waals surface area contributed by atoms with E-state index in [1.54, 1.807) is 5.38 Å². The molecule has 2 aromatic rings. The first-order chi connectivity index (χ1) is 9.47. The Morgan fingerprint density at radius 3 is 2.85 bits per heavy atom. The van der Waals surface area contributed by atoms with Gasteiger partial charge in [-0.25, -0.2) is 0 Å². The summed E-state index contributed by atoms with van der Waals surface area (Å²) >= 11 is 0.959. The lowest BCUT2D eigenvalue weighted by Crippen LogP contribution is -2.23. The maximum absolute atomic E-state index is 13.1. The third-order valence-electron chi connectivity index (χ3n) is 2.42. The van der Waals surface area contributed by atoms with Gasteiger partial charge in [-0.2, -0.15) is 4.39 Å². The number of aromatic amines is 1. The molecule has 7 nitrogen and oxygen atoms in total. The number of H-pyrrole nitrogens is 1. The number of nitrogens with one attached hydrogen (secondary N) is 2. The summed E-state index contributed by atoms with van der Waals surface area (Å²) in [5.74, 6) is -1.60. The number of amides is 1. The smallest absolute Gasteiger partial charge is 0.305 e. The number of thiazole rings is 1. The van der Waals surface area contributed by atoms with Crippen LogP contribution in [0, 0.1) is 15.9 Å². The van der Waals surface area contributed by atoms with Crippen LogP contribution in [0.2, 0.25) is 0 Å². The number of rotatable bonds is 4. The molecular weight excluding hydrogens is 289 g/mol. The molecule has 1 amide bonds. The van der Waals surface area contributed by atoms with Crippen LogP contribution >= 0.6 is 11.3 Å². The summed E-state index contributed by atoms with van der Waals surface area (Å²) in [5, 5.41) is 14.6. The van der Waals surface area contributed by atoms with Crippen LogP contribution in [0.4, 0.5) is 10.1 Å². The molecule has 0 aliphatic carbocycles. The van der Waals surface area contributed by atoms with E-state index in [1.807, 2.05) is 0 Å². The quantitative estimate of drug-likeness (QED) is 0.657. The Kier molecular flexibility index (Phi) is 3.89. The average Bonchev–Trinajstić information content (AvgIpc) is 2.82. The lowest BCUT2D eigenvalue weighted by molar-refractivity contribution is -0.387. The lowest BCUT2D eigenvalue weighted by Gasteiger charge is -2.03. The van der Waals surface area contributed by atoms with Gasteiger partial charge >= 0.3 is 10.6 Å². The molecule has 2 N–H and O–H groups in total. The Labute approximate surface area is 115 Å². The highest BCUT2D eigenvalue weighted by atomic mass is 32.1. The van der Waals surface area contributed by atoms with E-state index in [0.717, 1.165) is 29.5 Å². The number of nitro benzene ring substituents is 1. The number of nitro groups is 1. The fourth-order valence-electron chi connectivity index (χ4n) is 1.47. The van der Waals surface area contributed by atoms with Gasteiger partial charge in [-0.05, 0) is 12.1 Å². The standard InChI is InChI=1S/C11H8FN3O4S/c12-8-2-1-6(3-9(8)15(18)19)10(16)13-4-7-5-20-11(17)14-7/h1-3,5H,4H2,(H,13,16)(H,14,17). The molecule has 20 heavy (non-hydrogen) atoms. The third-order valence-corrected chi connectivity index (χ3v) is 3.13. The molecule has 2 rings (SSSR count). The van der Waals surface area contributed by atoms with E-state index in [4.69, 9.17) is 0 Å². The van der Waals surface area contributed by atoms with Crippen LogP contribution < -0.4 is 10.2 Å². The number of benzene rings is 1. The van der Waals surface area contributed by atoms with Gasteiger partial charge in [0.1, 0.15) is 0 Å². The zero-order chi connectivity index (χ0) is 14.7. The molecule has 0 radical (unpaired) electrons. The van der Waals surface area contributed by atoms with E-state index in [9.17, 15) is 24.1 Å². The van der Waals surface area contributed by atoms with Crippen molar-refractivity contribution in [3.8, 4) is 0 Å². The van der Waals surface area contributed by atoms with Crippen LogP contribution in [0.15, 0.2) is 28.4 Å². The summed E-state index contributed by atoms with van der Waals surface area (Å²) in [5.41, 5.74) is -0.276. The van der Waals surface area contributed by atoms with Crippen molar-refractivity contribution in [2.45, 2.75) is 6.54 Å². The number of hydrogen-bond acceptors (Lipinski definition) is 5. The molecule has 0 spiro atoms. The van der Waals surface area contributed by atoms with Gasteiger partial charge in [0.25, 0.3) is 5.91 Å². The van der Waals surface area contributed by atoms with Crippen LogP contribution in [0.3, 0.4) is 0 Å². The summed E-state index contributed by atoms with van der Waals surface area (Å²) < 4.78 is 13.1. The zero-order valence-corrected chi connectivity index (χ0v) is 10.7. The molecule has 1 heterocycles. The summed E-state index contributed by atoms with van der Waals surface area (Å²) in [6, 6.07) is 2.87. The van der Waals surface area contributed by atoms with Crippen LogP contribution in [-0.2, 0) is 6.54 Å². The summed E-state index contributed by atoms with van der Waals surface area (Å²) in [4.78, 5) is 34.6. The maximum atomic E-state index is 13.1. The van der Waals surface area contributed by atoms with Gasteiger partial charge in [0.15, 0.2) is 0 Å². The molecule has 0 atom stereocenters. The minimum atomic E-state index is -1.01. The first-order valence-electron chi connectivity index (χ1n) is 5.36. The maximum Gasteiger partial charge on any atom is 0.305 e. The molecule has 0 aliphatic heterocycles. The molecule has 1 aromatic carbocycles. The predicted molar refractivity (Wildman–Crippen MR) is 69.2 cm³/mol. The number of halogens is 1. The number of aromatic nitrogens is 1. The first-order valence-corrected chi connectivity index (χ1v) is 6.24. The number of hydrogen-bond donors (Lipinski definition) is 2. The Hall–Kier alpha value is -2.55. The zero-order valence-electron chi connectivity index (χ0n) is 9.88. The second kappa shape index (κ2) is 5.61. The summed E-state index contributed by atoms with van der Waals surface area (Å²) in [6.45, 7) is 0.0722. The van der Waals surface area contributed by atoms with Crippen molar-refractivity contribution in [1.82, 2.24) is 10.3 Å². The highest BCUT2D eigenvalue weighted by Gasteiger charge is 2.17. The van der Waals surface area contributed by atoms with Crippen molar-refractivity contribution in [1.29, 1.82) is 0 Å². The monoisotopic (exact) mass is 297 g/mol. The van der Waals surface area contributed by atoms with Crippen molar-refractivity contribution >= 4 is 22.9 Å². The predicted octanol–water partition coefficient (Wildman–Crippen LogP) is 1.41. The molecule has 0 fully saturated rings. The lowest BCUT2D eigenvalue weighted by atomic mass is 10.2. The van der Waals surface area contributed by atoms with Crippen LogP contribution in [-0.4, -0.2) is 15.8 Å². The van der Waals surface area contributed by atoms with Gasteiger partial charge < -0.3 is 10.3 Å². The van der Waals surface area contributed by atoms with Crippen molar-refractivity contribution in [3.05, 3.63) is 60.4 Å². The van der Waals surface area contributed by atoms with Gasteiger partial charge in [-0.15, -0.1) is 0 Å². The molecular formula is C11H8FN3O4S. The van der Waals surface area contributed by atoms with E-state index >= 15 is 0 Å². The second-order valence-electron chi connectivity index (χ2n) is 3.78. The number of carbonyl (C=O) groups excluding carboxylic acids is 1.